The second-order valence-electron chi connectivity index (χ2n) is 9.48. The number of benzene rings is 1. The third kappa shape index (κ3) is 4.07. The maximum absolute atomic E-state index is 5.58. The molecule has 2 aromatic heterocycles. The van der Waals surface area contributed by atoms with Crippen LogP contribution in [0.15, 0.2) is 36.8 Å². The normalized spacial score (nSPS) is 18.3. The van der Waals surface area contributed by atoms with Crippen molar-refractivity contribution < 1.29 is 4.74 Å². The summed E-state index contributed by atoms with van der Waals surface area (Å²) in [6, 6.07) is 8.34. The van der Waals surface area contributed by atoms with Crippen molar-refractivity contribution in [2.75, 3.05) is 19.1 Å². The summed E-state index contributed by atoms with van der Waals surface area (Å²) < 4.78 is 5.58. The number of nitrogens with one attached hydrogen (secondary N) is 1. The minimum Gasteiger partial charge on any atom is -0.496 e. The van der Waals surface area contributed by atoms with Gasteiger partial charge in [-0.2, -0.15) is 0 Å². The number of fused-ring (bicyclic) bond motifs is 1. The van der Waals surface area contributed by atoms with Gasteiger partial charge < -0.3 is 15.0 Å². The Kier molecular flexibility index (Phi) is 5.10. The van der Waals surface area contributed by atoms with Crippen LogP contribution in [-0.2, 0) is 0 Å². The molecular weight excluding hydrogens is 376 g/mol. The van der Waals surface area contributed by atoms with E-state index >= 15 is 0 Å². The van der Waals surface area contributed by atoms with Crippen molar-refractivity contribution in [1.82, 2.24) is 25.5 Å². The van der Waals surface area contributed by atoms with Crippen LogP contribution in [0.1, 0.15) is 40.5 Å². The van der Waals surface area contributed by atoms with Gasteiger partial charge in [0.25, 0.3) is 0 Å². The van der Waals surface area contributed by atoms with Gasteiger partial charge in [0.1, 0.15) is 12.1 Å². The number of anilines is 1. The number of ether oxygens (including phenoxy) is 1. The summed E-state index contributed by atoms with van der Waals surface area (Å²) in [4.78, 5) is 10.7. The first-order valence-electron chi connectivity index (χ1n) is 10.3. The Bertz CT molecular complexity index is 1030. The first-order chi connectivity index (χ1) is 14.2. The van der Waals surface area contributed by atoms with Crippen LogP contribution >= 0.6 is 0 Å². The first-order valence-corrected chi connectivity index (χ1v) is 10.3. The van der Waals surface area contributed by atoms with Gasteiger partial charge in [0.05, 0.1) is 18.3 Å². The molecule has 0 aliphatic carbocycles. The van der Waals surface area contributed by atoms with Crippen LogP contribution in [0.25, 0.3) is 22.2 Å². The monoisotopic (exact) mass is 406 g/mol. The highest BCUT2D eigenvalue weighted by Crippen LogP contribution is 2.34. The van der Waals surface area contributed by atoms with Crippen molar-refractivity contribution in [1.29, 1.82) is 0 Å². The summed E-state index contributed by atoms with van der Waals surface area (Å²) >= 11 is 0. The van der Waals surface area contributed by atoms with Gasteiger partial charge in [0.15, 0.2) is 5.82 Å². The molecule has 1 fully saturated rings. The van der Waals surface area contributed by atoms with Crippen molar-refractivity contribution >= 4 is 16.7 Å². The van der Waals surface area contributed by atoms with Gasteiger partial charge in [-0.3, -0.25) is 0 Å². The fourth-order valence-electron chi connectivity index (χ4n) is 4.77. The van der Waals surface area contributed by atoms with Gasteiger partial charge in [0.2, 0.25) is 0 Å². The molecule has 3 aromatic rings. The topological polar surface area (TPSA) is 76.1 Å². The molecule has 0 spiro atoms. The van der Waals surface area contributed by atoms with Gasteiger partial charge in [-0.15, -0.1) is 10.2 Å². The van der Waals surface area contributed by atoms with E-state index in [9.17, 15) is 0 Å². The molecule has 1 aromatic carbocycles. The average molecular weight is 407 g/mol. The maximum atomic E-state index is 5.58. The van der Waals surface area contributed by atoms with Crippen molar-refractivity contribution in [2.24, 2.45) is 0 Å². The molecular formula is C23H30N6O. The van der Waals surface area contributed by atoms with Crippen LogP contribution < -0.4 is 15.0 Å². The van der Waals surface area contributed by atoms with E-state index in [1.165, 1.54) is 6.33 Å². The Morgan fingerprint density at radius 1 is 1.07 bits per heavy atom. The Morgan fingerprint density at radius 2 is 1.80 bits per heavy atom. The highest BCUT2D eigenvalue weighted by atomic mass is 16.5. The summed E-state index contributed by atoms with van der Waals surface area (Å²) in [6.07, 6.45) is 5.43. The minimum atomic E-state index is 0.0780. The largest absolute Gasteiger partial charge is 0.496 e. The van der Waals surface area contributed by atoms with Crippen LogP contribution in [0.5, 0.6) is 5.75 Å². The zero-order chi connectivity index (χ0) is 21.5. The van der Waals surface area contributed by atoms with E-state index in [-0.39, 0.29) is 11.1 Å². The molecule has 3 heterocycles. The lowest BCUT2D eigenvalue weighted by molar-refractivity contribution is 0.160. The van der Waals surface area contributed by atoms with Gasteiger partial charge in [0, 0.05) is 47.4 Å². The fraction of sp³-hybridized carbons (Fsp3) is 0.478. The lowest BCUT2D eigenvalue weighted by atomic mass is 9.79. The van der Waals surface area contributed by atoms with E-state index in [0.29, 0.717) is 6.04 Å². The van der Waals surface area contributed by atoms with Crippen LogP contribution in [0, 0.1) is 0 Å². The molecule has 1 N–H and O–H groups in total. The van der Waals surface area contributed by atoms with E-state index in [2.05, 4.69) is 65.1 Å². The van der Waals surface area contributed by atoms with Crippen molar-refractivity contribution in [3.8, 4) is 17.0 Å². The van der Waals surface area contributed by atoms with Crippen LogP contribution in [0.2, 0.25) is 0 Å². The molecule has 1 aliphatic heterocycles. The Balaban J connectivity index is 1.62. The molecule has 7 heteroatoms. The Morgan fingerprint density at radius 3 is 2.43 bits per heavy atom. The van der Waals surface area contributed by atoms with Crippen molar-refractivity contribution in [2.45, 2.75) is 57.7 Å². The Hall–Kier alpha value is -2.80. The van der Waals surface area contributed by atoms with Crippen LogP contribution in [0.3, 0.4) is 0 Å². The summed E-state index contributed by atoms with van der Waals surface area (Å²) in [5, 5.41) is 13.8. The average Bonchev–Trinajstić information content (AvgIpc) is 2.70. The predicted octanol–water partition coefficient (Wildman–Crippen LogP) is 3.84. The van der Waals surface area contributed by atoms with E-state index in [4.69, 9.17) is 4.74 Å². The molecule has 0 bridgehead atoms. The lowest BCUT2D eigenvalue weighted by Gasteiger charge is -2.49. The third-order valence-electron chi connectivity index (χ3n) is 5.83. The van der Waals surface area contributed by atoms with Crippen LogP contribution in [0.4, 0.5) is 5.82 Å². The maximum Gasteiger partial charge on any atom is 0.151 e. The molecule has 0 saturated carbocycles. The number of aromatic nitrogens is 4. The molecule has 0 unspecified atom stereocenters. The summed E-state index contributed by atoms with van der Waals surface area (Å²) in [6.45, 7) is 9.05. The lowest BCUT2D eigenvalue weighted by Crippen LogP contribution is -2.62. The van der Waals surface area contributed by atoms with E-state index in [1.807, 2.05) is 24.3 Å². The highest BCUT2D eigenvalue weighted by molar-refractivity contribution is 5.86. The summed E-state index contributed by atoms with van der Waals surface area (Å²) in [5.74, 6) is 1.60. The second-order valence-corrected chi connectivity index (χ2v) is 9.48. The molecule has 0 amide bonds. The van der Waals surface area contributed by atoms with Gasteiger partial charge >= 0.3 is 0 Å². The molecule has 158 valence electrons. The summed E-state index contributed by atoms with van der Waals surface area (Å²) in [5.41, 5.74) is 2.64. The van der Waals surface area contributed by atoms with Crippen molar-refractivity contribution in [3.63, 3.8) is 0 Å². The quantitative estimate of drug-likeness (QED) is 0.705. The SMILES string of the molecule is COc1cc2ncncc2cc1-c1ccc(N(C)C2CC(C)(C)NC(C)(C)C2)nn1. The third-order valence-corrected chi connectivity index (χ3v) is 5.83. The van der Waals surface area contributed by atoms with E-state index < -0.39 is 0 Å². The van der Waals surface area contributed by atoms with Gasteiger partial charge in [-0.25, -0.2) is 9.97 Å². The standard InChI is InChI=1S/C23H30N6O/c1-22(2)11-16(12-23(3,4)28-22)29(5)21-8-7-18(26-27-21)17-9-15-13-24-14-25-19(15)10-20(17)30-6/h7-10,13-14,16,28H,11-12H2,1-6H3. The first kappa shape index (κ1) is 20.5. The van der Waals surface area contributed by atoms with Gasteiger partial charge in [-0.1, -0.05) is 0 Å². The molecule has 4 rings (SSSR count). The molecule has 30 heavy (non-hydrogen) atoms. The highest BCUT2D eigenvalue weighted by Gasteiger charge is 2.39. The van der Waals surface area contributed by atoms with Crippen molar-refractivity contribution in [3.05, 3.63) is 36.8 Å². The fourth-order valence-corrected chi connectivity index (χ4v) is 4.77. The molecule has 0 radical (unpaired) electrons. The summed E-state index contributed by atoms with van der Waals surface area (Å²) in [7, 11) is 3.77. The molecule has 7 nitrogen and oxygen atoms in total. The smallest absolute Gasteiger partial charge is 0.151 e. The Labute approximate surface area is 177 Å². The van der Waals surface area contributed by atoms with E-state index in [1.54, 1.807) is 13.3 Å². The molecule has 1 saturated heterocycles. The zero-order valence-corrected chi connectivity index (χ0v) is 18.6. The molecule has 0 atom stereocenters. The minimum absolute atomic E-state index is 0.0780. The number of methoxy groups -OCH3 is 1. The number of hydrogen-bond donors (Lipinski definition) is 1. The number of piperidine rings is 1. The van der Waals surface area contributed by atoms with Crippen LogP contribution in [-0.4, -0.2) is 51.4 Å². The second kappa shape index (κ2) is 7.47. The van der Waals surface area contributed by atoms with Gasteiger partial charge in [-0.05, 0) is 58.7 Å². The number of hydrogen-bond acceptors (Lipinski definition) is 7. The van der Waals surface area contributed by atoms with E-state index in [0.717, 1.165) is 46.6 Å². The number of rotatable bonds is 4. The number of nitrogens with zero attached hydrogens (tertiary/aromatic N) is 5. The molecule has 1 aliphatic rings. The predicted molar refractivity (Wildman–Crippen MR) is 120 cm³/mol. The zero-order valence-electron chi connectivity index (χ0n) is 18.6.